The van der Waals surface area contributed by atoms with Crippen LogP contribution in [-0.4, -0.2) is 14.5 Å². The Labute approximate surface area is 119 Å². The summed E-state index contributed by atoms with van der Waals surface area (Å²) in [6, 6.07) is 4.34. The van der Waals surface area contributed by atoms with Gasteiger partial charge in [0.15, 0.2) is 0 Å². The Balaban J connectivity index is 1.83. The molecule has 4 nitrogen and oxygen atoms in total. The lowest BCUT2D eigenvalue weighted by Crippen LogP contribution is -2.23. The van der Waals surface area contributed by atoms with Crippen LogP contribution in [0.5, 0.6) is 0 Å². The third kappa shape index (κ3) is 2.75. The smallest absolute Gasteiger partial charge is 0.131 e. The van der Waals surface area contributed by atoms with Crippen molar-refractivity contribution in [2.24, 2.45) is 7.05 Å². The number of nitrogens with one attached hydrogen (secondary N) is 1. The minimum atomic E-state index is 0.127. The summed E-state index contributed by atoms with van der Waals surface area (Å²) >= 11 is 3.41. The molecule has 6 heteroatoms. The van der Waals surface area contributed by atoms with Crippen molar-refractivity contribution in [2.75, 3.05) is 0 Å². The molecule has 0 aliphatic rings. The van der Waals surface area contributed by atoms with Gasteiger partial charge in [-0.15, -0.1) is 22.7 Å². The molecule has 3 rings (SSSR count). The number of aromatic nitrogens is 3. The first-order chi connectivity index (χ1) is 9.34. The molecule has 0 aromatic carbocycles. The summed E-state index contributed by atoms with van der Waals surface area (Å²) in [5.74, 6) is 1.03. The number of imidazole rings is 1. The SMILES string of the molecule is Cn1ccnc1C(NCc1cncs1)c1cccs1. The van der Waals surface area contributed by atoms with Gasteiger partial charge in [-0.25, -0.2) is 4.98 Å². The van der Waals surface area contributed by atoms with Crippen LogP contribution in [0, 0.1) is 0 Å². The predicted octanol–water partition coefficient (Wildman–Crippen LogP) is 2.82. The molecule has 0 spiro atoms. The summed E-state index contributed by atoms with van der Waals surface area (Å²) < 4.78 is 2.06. The lowest BCUT2D eigenvalue weighted by atomic mass is 10.2. The summed E-state index contributed by atoms with van der Waals surface area (Å²) in [5.41, 5.74) is 1.86. The molecule has 0 amide bonds. The molecule has 0 aliphatic heterocycles. The molecule has 0 bridgehead atoms. The second-order valence-electron chi connectivity index (χ2n) is 4.19. The normalized spacial score (nSPS) is 12.7. The van der Waals surface area contributed by atoms with Gasteiger partial charge in [0.1, 0.15) is 11.9 Å². The fourth-order valence-corrected chi connectivity index (χ4v) is 3.30. The quantitative estimate of drug-likeness (QED) is 0.785. The average molecular weight is 290 g/mol. The Hall–Kier alpha value is -1.50. The zero-order chi connectivity index (χ0) is 13.1. The highest BCUT2D eigenvalue weighted by atomic mass is 32.1. The van der Waals surface area contributed by atoms with Gasteiger partial charge in [-0.3, -0.25) is 10.3 Å². The maximum Gasteiger partial charge on any atom is 0.131 e. The van der Waals surface area contributed by atoms with Crippen molar-refractivity contribution >= 4 is 22.7 Å². The molecule has 19 heavy (non-hydrogen) atoms. The summed E-state index contributed by atoms with van der Waals surface area (Å²) in [6.07, 6.45) is 5.72. The number of rotatable bonds is 5. The second kappa shape index (κ2) is 5.64. The van der Waals surface area contributed by atoms with Crippen LogP contribution < -0.4 is 5.32 Å². The fraction of sp³-hybridized carbons (Fsp3) is 0.231. The number of aryl methyl sites for hydroxylation is 1. The average Bonchev–Trinajstić information content (AvgIpc) is 3.13. The van der Waals surface area contributed by atoms with Crippen molar-refractivity contribution in [3.05, 3.63) is 57.2 Å². The summed E-state index contributed by atoms with van der Waals surface area (Å²) in [5, 5.41) is 5.66. The maximum absolute atomic E-state index is 4.47. The highest BCUT2D eigenvalue weighted by Gasteiger charge is 2.18. The minimum absolute atomic E-state index is 0.127. The van der Waals surface area contributed by atoms with Crippen molar-refractivity contribution in [3.63, 3.8) is 0 Å². The van der Waals surface area contributed by atoms with E-state index >= 15 is 0 Å². The zero-order valence-electron chi connectivity index (χ0n) is 10.5. The van der Waals surface area contributed by atoms with Gasteiger partial charge in [0.05, 0.1) is 5.51 Å². The van der Waals surface area contributed by atoms with Gasteiger partial charge in [0.25, 0.3) is 0 Å². The standard InChI is InChI=1S/C13H14N4S2/c1-17-5-4-15-13(17)12(11-3-2-6-18-11)16-8-10-7-14-9-19-10/h2-7,9,12,16H,8H2,1H3. The molecule has 1 unspecified atom stereocenters. The topological polar surface area (TPSA) is 42.7 Å². The van der Waals surface area contributed by atoms with Gasteiger partial charge in [-0.2, -0.15) is 0 Å². The third-order valence-corrected chi connectivity index (χ3v) is 4.63. The number of hydrogen-bond acceptors (Lipinski definition) is 5. The predicted molar refractivity (Wildman–Crippen MR) is 78.3 cm³/mol. The van der Waals surface area contributed by atoms with E-state index in [-0.39, 0.29) is 6.04 Å². The molecule has 98 valence electrons. The van der Waals surface area contributed by atoms with E-state index in [1.54, 1.807) is 22.7 Å². The molecule has 0 saturated heterocycles. The molecule has 1 atom stereocenters. The van der Waals surface area contributed by atoms with Crippen molar-refractivity contribution in [2.45, 2.75) is 12.6 Å². The van der Waals surface area contributed by atoms with Crippen LogP contribution >= 0.6 is 22.7 Å². The first-order valence-corrected chi connectivity index (χ1v) is 7.72. The van der Waals surface area contributed by atoms with Crippen molar-refractivity contribution < 1.29 is 0 Å². The highest BCUT2D eigenvalue weighted by molar-refractivity contribution is 7.10. The van der Waals surface area contributed by atoms with E-state index < -0.39 is 0 Å². The monoisotopic (exact) mass is 290 g/mol. The van der Waals surface area contributed by atoms with E-state index in [4.69, 9.17) is 0 Å². The first-order valence-electron chi connectivity index (χ1n) is 5.96. The molecule has 1 N–H and O–H groups in total. The van der Waals surface area contributed by atoms with E-state index in [9.17, 15) is 0 Å². The lowest BCUT2D eigenvalue weighted by Gasteiger charge is -2.16. The molecular weight excluding hydrogens is 276 g/mol. The Morgan fingerprint density at radius 3 is 3.00 bits per heavy atom. The molecule has 0 saturated carbocycles. The van der Waals surface area contributed by atoms with Crippen LogP contribution in [0.15, 0.2) is 41.6 Å². The van der Waals surface area contributed by atoms with Crippen LogP contribution in [0.2, 0.25) is 0 Å². The Bertz CT molecular complexity index is 613. The fourth-order valence-electron chi connectivity index (χ4n) is 1.96. The number of thiophene rings is 1. The van der Waals surface area contributed by atoms with Crippen LogP contribution in [0.1, 0.15) is 21.6 Å². The lowest BCUT2D eigenvalue weighted by molar-refractivity contribution is 0.568. The van der Waals surface area contributed by atoms with Gasteiger partial charge < -0.3 is 4.57 Å². The van der Waals surface area contributed by atoms with E-state index in [1.165, 1.54) is 9.75 Å². The van der Waals surface area contributed by atoms with Gasteiger partial charge in [0, 0.05) is 41.9 Å². The number of nitrogens with zero attached hydrogens (tertiary/aromatic N) is 3. The molecule has 0 fully saturated rings. The number of hydrogen-bond donors (Lipinski definition) is 1. The zero-order valence-corrected chi connectivity index (χ0v) is 12.1. The van der Waals surface area contributed by atoms with Gasteiger partial charge in [-0.05, 0) is 11.4 Å². The van der Waals surface area contributed by atoms with Crippen molar-refractivity contribution in [1.29, 1.82) is 0 Å². The Kier molecular flexibility index (Phi) is 3.72. The minimum Gasteiger partial charge on any atom is -0.336 e. The molecule has 0 radical (unpaired) electrons. The largest absolute Gasteiger partial charge is 0.336 e. The van der Waals surface area contributed by atoms with Crippen molar-refractivity contribution in [1.82, 2.24) is 19.9 Å². The van der Waals surface area contributed by atoms with E-state index in [0.29, 0.717) is 0 Å². The van der Waals surface area contributed by atoms with Crippen LogP contribution in [-0.2, 0) is 13.6 Å². The summed E-state index contributed by atoms with van der Waals surface area (Å²) in [6.45, 7) is 0.806. The molecule has 3 aromatic heterocycles. The maximum atomic E-state index is 4.47. The number of thiazole rings is 1. The molecule has 3 aromatic rings. The Morgan fingerprint density at radius 1 is 1.42 bits per heavy atom. The molecule has 3 heterocycles. The Morgan fingerprint density at radius 2 is 2.37 bits per heavy atom. The van der Waals surface area contributed by atoms with Gasteiger partial charge >= 0.3 is 0 Å². The van der Waals surface area contributed by atoms with Crippen LogP contribution in [0.4, 0.5) is 0 Å². The van der Waals surface area contributed by atoms with E-state index in [2.05, 4.69) is 37.4 Å². The summed E-state index contributed by atoms with van der Waals surface area (Å²) in [7, 11) is 2.03. The molecular formula is C13H14N4S2. The van der Waals surface area contributed by atoms with Crippen molar-refractivity contribution in [3.8, 4) is 0 Å². The highest BCUT2D eigenvalue weighted by Crippen LogP contribution is 2.25. The van der Waals surface area contributed by atoms with Crippen LogP contribution in [0.3, 0.4) is 0 Å². The van der Waals surface area contributed by atoms with Crippen LogP contribution in [0.25, 0.3) is 0 Å². The summed E-state index contributed by atoms with van der Waals surface area (Å²) in [4.78, 5) is 11.1. The molecule has 0 aliphatic carbocycles. The van der Waals surface area contributed by atoms with E-state index in [1.807, 2.05) is 31.1 Å². The van der Waals surface area contributed by atoms with Gasteiger partial charge in [0.2, 0.25) is 0 Å². The first kappa shape index (κ1) is 12.5. The van der Waals surface area contributed by atoms with Gasteiger partial charge in [-0.1, -0.05) is 6.07 Å². The third-order valence-electron chi connectivity index (χ3n) is 2.91. The van der Waals surface area contributed by atoms with E-state index in [0.717, 1.165) is 12.4 Å². The second-order valence-corrected chi connectivity index (χ2v) is 6.14.